The number of halogens is 2. The molecule has 0 radical (unpaired) electrons. The molecule has 1 aromatic heterocycles. The fourth-order valence-electron chi connectivity index (χ4n) is 1.58. The summed E-state index contributed by atoms with van der Waals surface area (Å²) in [5.41, 5.74) is 0.703. The van der Waals surface area contributed by atoms with Crippen molar-refractivity contribution in [3.63, 3.8) is 0 Å². The van der Waals surface area contributed by atoms with Gasteiger partial charge in [0.15, 0.2) is 0 Å². The van der Waals surface area contributed by atoms with E-state index < -0.39 is 10.3 Å². The van der Waals surface area contributed by atoms with Crippen molar-refractivity contribution in [2.45, 2.75) is 11.8 Å². The molecule has 0 spiro atoms. The van der Waals surface area contributed by atoms with Crippen LogP contribution in [0.25, 0.3) is 0 Å². The minimum Gasteiger partial charge on any atom is -0.404 e. The second-order valence-electron chi connectivity index (χ2n) is 3.73. The van der Waals surface area contributed by atoms with Crippen LogP contribution in [0.15, 0.2) is 40.8 Å². The third kappa shape index (κ3) is 2.87. The first kappa shape index (κ1) is 12.6. The predicted molar refractivity (Wildman–Crippen MR) is 64.1 cm³/mol. The smallest absolute Gasteiger partial charge is 0.404 e. The molecule has 2 aromatic rings. The van der Waals surface area contributed by atoms with Crippen molar-refractivity contribution >= 4 is 17.5 Å². The first-order chi connectivity index (χ1) is 8.56. The van der Waals surface area contributed by atoms with Crippen molar-refractivity contribution in [1.82, 2.24) is 0 Å². The Morgan fingerprint density at radius 3 is 2.78 bits per heavy atom. The Kier molecular flexibility index (Phi) is 3.62. The third-order valence-electron chi connectivity index (χ3n) is 2.41. The predicted octanol–water partition coefficient (Wildman–Crippen LogP) is 3.85. The topological polar surface area (TPSA) is 56.3 Å². The maximum absolute atomic E-state index is 13.0. The molecule has 0 amide bonds. The van der Waals surface area contributed by atoms with Gasteiger partial charge in [-0.3, -0.25) is 10.1 Å². The van der Waals surface area contributed by atoms with Gasteiger partial charge in [0.05, 0.1) is 11.4 Å². The van der Waals surface area contributed by atoms with Crippen LogP contribution in [0.1, 0.15) is 16.7 Å². The number of benzene rings is 1. The van der Waals surface area contributed by atoms with Crippen LogP contribution in [0.5, 0.6) is 0 Å². The quantitative estimate of drug-likeness (QED) is 0.481. The molecule has 1 heterocycles. The number of hydrogen-bond acceptors (Lipinski definition) is 3. The third-order valence-corrected chi connectivity index (χ3v) is 2.77. The Balaban J connectivity index is 2.11. The second-order valence-corrected chi connectivity index (χ2v) is 4.26. The van der Waals surface area contributed by atoms with Gasteiger partial charge >= 0.3 is 5.88 Å². The van der Waals surface area contributed by atoms with Crippen LogP contribution in [0, 0.1) is 15.9 Å². The molecule has 0 aliphatic heterocycles. The van der Waals surface area contributed by atoms with Gasteiger partial charge in [-0.05, 0) is 30.2 Å². The minimum absolute atomic E-state index is 0.299. The molecule has 0 bridgehead atoms. The van der Waals surface area contributed by atoms with Crippen LogP contribution < -0.4 is 0 Å². The Labute approximate surface area is 107 Å². The molecule has 0 saturated heterocycles. The van der Waals surface area contributed by atoms with Crippen LogP contribution in [0.4, 0.5) is 10.3 Å². The summed E-state index contributed by atoms with van der Waals surface area (Å²) >= 11 is 6.07. The molecule has 0 fully saturated rings. The average Bonchev–Trinajstić information content (AvgIpc) is 2.78. The number of hydrogen-bond donors (Lipinski definition) is 0. The molecule has 2 rings (SSSR count). The highest BCUT2D eigenvalue weighted by Gasteiger charge is 2.18. The lowest BCUT2D eigenvalue weighted by Gasteiger charge is -2.06. The summed E-state index contributed by atoms with van der Waals surface area (Å²) in [6, 6.07) is 8.72. The molecule has 1 aromatic carbocycles. The molecule has 94 valence electrons. The first-order valence-corrected chi connectivity index (χ1v) is 5.62. The van der Waals surface area contributed by atoms with E-state index in [0.717, 1.165) is 0 Å². The number of nitrogens with zero attached hydrogens (tertiary/aromatic N) is 1. The Morgan fingerprint density at radius 2 is 2.17 bits per heavy atom. The van der Waals surface area contributed by atoms with Gasteiger partial charge in [0.1, 0.15) is 16.5 Å². The van der Waals surface area contributed by atoms with E-state index in [2.05, 4.69) is 0 Å². The van der Waals surface area contributed by atoms with Crippen LogP contribution in [-0.4, -0.2) is 4.92 Å². The van der Waals surface area contributed by atoms with Crippen LogP contribution >= 0.6 is 11.6 Å². The fourth-order valence-corrected chi connectivity index (χ4v) is 1.88. The Bertz CT molecular complexity index is 570. The lowest BCUT2D eigenvalue weighted by molar-refractivity contribution is -0.402. The van der Waals surface area contributed by atoms with E-state index in [1.807, 2.05) is 0 Å². The zero-order chi connectivity index (χ0) is 13.1. The lowest BCUT2D eigenvalue weighted by atomic mass is 10.1. The number of furan rings is 1. The van der Waals surface area contributed by atoms with Gasteiger partial charge in [-0.2, -0.15) is 0 Å². The normalized spacial score (nSPS) is 12.3. The van der Waals surface area contributed by atoms with E-state index in [9.17, 15) is 14.5 Å². The first-order valence-electron chi connectivity index (χ1n) is 5.19. The van der Waals surface area contributed by atoms with Crippen molar-refractivity contribution in [1.29, 1.82) is 0 Å². The molecule has 1 unspecified atom stereocenters. The second kappa shape index (κ2) is 5.18. The Morgan fingerprint density at radius 1 is 1.39 bits per heavy atom. The highest BCUT2D eigenvalue weighted by molar-refractivity contribution is 6.20. The molecule has 4 nitrogen and oxygen atoms in total. The van der Waals surface area contributed by atoms with Crippen molar-refractivity contribution < 1.29 is 13.7 Å². The van der Waals surface area contributed by atoms with Gasteiger partial charge in [-0.1, -0.05) is 12.1 Å². The molecular formula is C12H9ClFNO3. The molecule has 18 heavy (non-hydrogen) atoms. The summed E-state index contributed by atoms with van der Waals surface area (Å²) in [5, 5.41) is 9.89. The maximum atomic E-state index is 13.0. The summed E-state index contributed by atoms with van der Waals surface area (Å²) in [5.74, 6) is -0.399. The van der Waals surface area contributed by atoms with E-state index in [-0.39, 0.29) is 11.7 Å². The van der Waals surface area contributed by atoms with Crippen molar-refractivity contribution in [3.8, 4) is 0 Å². The maximum Gasteiger partial charge on any atom is 0.433 e. The van der Waals surface area contributed by atoms with Gasteiger partial charge in [0.2, 0.25) is 0 Å². The van der Waals surface area contributed by atoms with Crippen LogP contribution in [0.2, 0.25) is 0 Å². The number of rotatable bonds is 4. The molecule has 1 atom stereocenters. The Hall–Kier alpha value is -1.88. The fraction of sp³-hybridized carbons (Fsp3) is 0.167. The monoisotopic (exact) mass is 269 g/mol. The van der Waals surface area contributed by atoms with E-state index in [1.165, 1.54) is 24.3 Å². The zero-order valence-corrected chi connectivity index (χ0v) is 9.93. The van der Waals surface area contributed by atoms with E-state index in [1.54, 1.807) is 12.1 Å². The van der Waals surface area contributed by atoms with Crippen molar-refractivity contribution in [2.75, 3.05) is 0 Å². The molecule has 0 aliphatic carbocycles. The summed E-state index contributed by atoms with van der Waals surface area (Å²) in [4.78, 5) is 9.83. The highest BCUT2D eigenvalue weighted by Crippen LogP contribution is 2.29. The minimum atomic E-state index is -0.630. The SMILES string of the molecule is O=[N+]([O-])c1ccc(C(Cl)Cc2cccc(F)c2)o1. The van der Waals surface area contributed by atoms with Gasteiger partial charge in [0, 0.05) is 0 Å². The van der Waals surface area contributed by atoms with Gasteiger partial charge in [0.25, 0.3) is 0 Å². The molecular weight excluding hydrogens is 261 g/mol. The molecule has 6 heteroatoms. The van der Waals surface area contributed by atoms with Gasteiger partial charge < -0.3 is 4.42 Å². The van der Waals surface area contributed by atoms with E-state index >= 15 is 0 Å². The average molecular weight is 270 g/mol. The van der Waals surface area contributed by atoms with Crippen molar-refractivity contribution in [2.24, 2.45) is 0 Å². The molecule has 0 saturated carbocycles. The summed E-state index contributed by atoms with van der Waals surface area (Å²) < 4.78 is 18.0. The van der Waals surface area contributed by atoms with E-state index in [0.29, 0.717) is 17.7 Å². The summed E-state index contributed by atoms with van der Waals surface area (Å²) in [7, 11) is 0. The van der Waals surface area contributed by atoms with Crippen LogP contribution in [0.3, 0.4) is 0 Å². The zero-order valence-electron chi connectivity index (χ0n) is 9.18. The van der Waals surface area contributed by atoms with Crippen LogP contribution in [-0.2, 0) is 6.42 Å². The van der Waals surface area contributed by atoms with Gasteiger partial charge in [-0.15, -0.1) is 11.6 Å². The van der Waals surface area contributed by atoms with Crippen molar-refractivity contribution in [3.05, 3.63) is 63.7 Å². The van der Waals surface area contributed by atoms with E-state index in [4.69, 9.17) is 16.0 Å². The summed E-state index contributed by atoms with van der Waals surface area (Å²) in [6.45, 7) is 0. The number of alkyl halides is 1. The molecule has 0 aliphatic rings. The number of nitro groups is 1. The summed E-state index contributed by atoms with van der Waals surface area (Å²) in [6.07, 6.45) is 0.337. The lowest BCUT2D eigenvalue weighted by Crippen LogP contribution is -1.95. The largest absolute Gasteiger partial charge is 0.433 e. The van der Waals surface area contributed by atoms with Gasteiger partial charge in [-0.25, -0.2) is 4.39 Å². The highest BCUT2D eigenvalue weighted by atomic mass is 35.5. The molecule has 0 N–H and O–H groups in total. The standard InChI is InChI=1S/C12H9ClFNO3/c13-10(7-8-2-1-3-9(14)6-8)11-4-5-12(18-11)15(16)17/h1-6,10H,7H2.